The molecule has 2 heterocycles. The van der Waals surface area contributed by atoms with Crippen LogP contribution in [0.1, 0.15) is 10.6 Å². The number of carbonyl (C=O) groups is 1. The lowest BCUT2D eigenvalue weighted by Crippen LogP contribution is -2.31. The summed E-state index contributed by atoms with van der Waals surface area (Å²) in [5.41, 5.74) is 4.68. The standard InChI is InChI=1S/C20H20N4O3S2/c1-13-22-18(12-28-13)14-5-6-19-15(9-14)7-8-24(19)11-20(25)23-16-3-2-4-17(10-16)29(21,26)27/h2-6,9-10,12H,7-8,11H2,1H3,(H,23,25)(H2,21,26,27). The van der Waals surface area contributed by atoms with Crippen molar-refractivity contribution in [3.8, 4) is 11.3 Å². The van der Waals surface area contributed by atoms with Gasteiger partial charge >= 0.3 is 0 Å². The van der Waals surface area contributed by atoms with Gasteiger partial charge in [0.2, 0.25) is 15.9 Å². The molecule has 0 spiro atoms. The number of amides is 1. The van der Waals surface area contributed by atoms with E-state index in [1.54, 1.807) is 23.5 Å². The fourth-order valence-corrected chi connectivity index (χ4v) is 4.60. The third kappa shape index (κ3) is 4.31. The summed E-state index contributed by atoms with van der Waals surface area (Å²) in [7, 11) is -3.82. The summed E-state index contributed by atoms with van der Waals surface area (Å²) in [6.45, 7) is 2.92. The number of sulfonamides is 1. The zero-order valence-electron chi connectivity index (χ0n) is 15.8. The molecule has 1 aliphatic rings. The Morgan fingerprint density at radius 1 is 1.28 bits per heavy atom. The number of carbonyl (C=O) groups excluding carboxylic acids is 1. The number of nitrogens with one attached hydrogen (secondary N) is 1. The van der Waals surface area contributed by atoms with E-state index in [2.05, 4.69) is 16.4 Å². The molecular formula is C20H20N4O3S2. The third-order valence-electron chi connectivity index (χ3n) is 4.77. The summed E-state index contributed by atoms with van der Waals surface area (Å²) in [6.07, 6.45) is 0.862. The number of nitrogens with two attached hydrogens (primary N) is 1. The minimum absolute atomic E-state index is 0.0355. The molecule has 0 unspecified atom stereocenters. The molecule has 1 aromatic heterocycles. The van der Waals surface area contributed by atoms with Crippen LogP contribution in [-0.2, 0) is 21.2 Å². The van der Waals surface area contributed by atoms with E-state index in [-0.39, 0.29) is 17.3 Å². The maximum absolute atomic E-state index is 12.5. The highest BCUT2D eigenvalue weighted by Gasteiger charge is 2.22. The molecule has 0 saturated carbocycles. The maximum atomic E-state index is 12.5. The smallest absolute Gasteiger partial charge is 0.243 e. The summed E-state index contributed by atoms with van der Waals surface area (Å²) in [4.78, 5) is 19.0. The lowest BCUT2D eigenvalue weighted by atomic mass is 10.1. The SMILES string of the molecule is Cc1nc(-c2ccc3c(c2)CCN3CC(=O)Nc2cccc(S(N)(=O)=O)c2)cs1. The quantitative estimate of drug-likeness (QED) is 0.650. The number of nitrogens with zero attached hydrogens (tertiary/aromatic N) is 2. The van der Waals surface area contributed by atoms with Crippen LogP contribution in [0.3, 0.4) is 0 Å². The summed E-state index contributed by atoms with van der Waals surface area (Å²) in [6, 6.07) is 12.1. The zero-order chi connectivity index (χ0) is 20.6. The Bertz CT molecular complexity index is 1190. The predicted molar refractivity (Wildman–Crippen MR) is 115 cm³/mol. The second kappa shape index (κ2) is 7.58. The monoisotopic (exact) mass is 428 g/mol. The van der Waals surface area contributed by atoms with Gasteiger partial charge in [0.05, 0.1) is 22.1 Å². The molecule has 0 radical (unpaired) electrons. The number of aromatic nitrogens is 1. The summed E-state index contributed by atoms with van der Waals surface area (Å²) < 4.78 is 22.9. The first-order valence-corrected chi connectivity index (χ1v) is 11.5. The minimum Gasteiger partial charge on any atom is -0.362 e. The van der Waals surface area contributed by atoms with Gasteiger partial charge < -0.3 is 10.2 Å². The molecule has 0 bridgehead atoms. The van der Waals surface area contributed by atoms with Gasteiger partial charge in [0.25, 0.3) is 0 Å². The van der Waals surface area contributed by atoms with E-state index in [0.717, 1.165) is 34.9 Å². The highest BCUT2D eigenvalue weighted by molar-refractivity contribution is 7.89. The van der Waals surface area contributed by atoms with Crippen LogP contribution in [0.4, 0.5) is 11.4 Å². The van der Waals surface area contributed by atoms with Gasteiger partial charge in [-0.1, -0.05) is 12.1 Å². The maximum Gasteiger partial charge on any atom is 0.243 e. The average Bonchev–Trinajstić information content (AvgIpc) is 3.27. The van der Waals surface area contributed by atoms with E-state index in [1.165, 1.54) is 17.7 Å². The first-order valence-electron chi connectivity index (χ1n) is 9.03. The minimum atomic E-state index is -3.82. The Balaban J connectivity index is 1.46. The normalized spacial score (nSPS) is 13.4. The van der Waals surface area contributed by atoms with E-state index in [4.69, 9.17) is 5.14 Å². The average molecular weight is 429 g/mol. The second-order valence-corrected chi connectivity index (χ2v) is 9.51. The van der Waals surface area contributed by atoms with Gasteiger partial charge in [-0.3, -0.25) is 4.79 Å². The van der Waals surface area contributed by atoms with E-state index < -0.39 is 10.0 Å². The van der Waals surface area contributed by atoms with Gasteiger partial charge in [-0.25, -0.2) is 18.5 Å². The van der Waals surface area contributed by atoms with Crippen molar-refractivity contribution in [2.75, 3.05) is 23.3 Å². The Morgan fingerprint density at radius 3 is 2.83 bits per heavy atom. The van der Waals surface area contributed by atoms with Crippen LogP contribution in [0.15, 0.2) is 52.7 Å². The number of anilines is 2. The van der Waals surface area contributed by atoms with E-state index in [0.29, 0.717) is 5.69 Å². The van der Waals surface area contributed by atoms with Crippen LogP contribution >= 0.6 is 11.3 Å². The topological polar surface area (TPSA) is 105 Å². The molecule has 0 atom stereocenters. The molecule has 4 rings (SSSR count). The molecule has 1 amide bonds. The fourth-order valence-electron chi connectivity index (χ4n) is 3.41. The lowest BCUT2D eigenvalue weighted by Gasteiger charge is -2.19. The third-order valence-corrected chi connectivity index (χ3v) is 6.45. The molecule has 1 aliphatic heterocycles. The number of hydrogen-bond donors (Lipinski definition) is 2. The molecule has 3 N–H and O–H groups in total. The van der Waals surface area contributed by atoms with Gasteiger partial charge in [0.1, 0.15) is 0 Å². The van der Waals surface area contributed by atoms with Crippen molar-refractivity contribution >= 4 is 38.6 Å². The molecule has 7 nitrogen and oxygen atoms in total. The highest BCUT2D eigenvalue weighted by Crippen LogP contribution is 2.32. The molecule has 0 saturated heterocycles. The largest absolute Gasteiger partial charge is 0.362 e. The van der Waals surface area contributed by atoms with Crippen molar-refractivity contribution in [2.45, 2.75) is 18.2 Å². The van der Waals surface area contributed by atoms with Crippen LogP contribution in [0.25, 0.3) is 11.3 Å². The summed E-state index contributed by atoms with van der Waals surface area (Å²) in [5, 5.41) is 11.0. The van der Waals surface area contributed by atoms with Gasteiger partial charge in [-0.15, -0.1) is 11.3 Å². The molecule has 9 heteroatoms. The van der Waals surface area contributed by atoms with Gasteiger partial charge in [0, 0.05) is 28.9 Å². The number of primary sulfonamides is 1. The van der Waals surface area contributed by atoms with Crippen LogP contribution in [-0.4, -0.2) is 32.4 Å². The summed E-state index contributed by atoms with van der Waals surface area (Å²) in [5.74, 6) is -0.219. The summed E-state index contributed by atoms with van der Waals surface area (Å²) >= 11 is 1.62. The Morgan fingerprint density at radius 2 is 2.10 bits per heavy atom. The van der Waals surface area contributed by atoms with Gasteiger partial charge in [-0.2, -0.15) is 0 Å². The van der Waals surface area contributed by atoms with Gasteiger partial charge in [0.15, 0.2) is 0 Å². The van der Waals surface area contributed by atoms with Crippen LogP contribution in [0.2, 0.25) is 0 Å². The second-order valence-electron chi connectivity index (χ2n) is 6.89. The van der Waals surface area contributed by atoms with Gasteiger partial charge in [-0.05, 0) is 49.2 Å². The number of benzene rings is 2. The molecule has 0 fully saturated rings. The first-order chi connectivity index (χ1) is 13.8. The number of aryl methyl sites for hydroxylation is 1. The van der Waals surface area contributed by atoms with Crippen LogP contribution in [0, 0.1) is 6.92 Å². The fraction of sp³-hybridized carbons (Fsp3) is 0.200. The Kier molecular flexibility index (Phi) is 5.12. The van der Waals surface area contributed by atoms with Crippen molar-refractivity contribution in [1.29, 1.82) is 0 Å². The molecular weight excluding hydrogens is 408 g/mol. The van der Waals surface area contributed by atoms with Crippen LogP contribution in [0.5, 0.6) is 0 Å². The Hall–Kier alpha value is -2.75. The predicted octanol–water partition coefficient (Wildman–Crippen LogP) is 2.77. The lowest BCUT2D eigenvalue weighted by molar-refractivity contribution is -0.115. The molecule has 150 valence electrons. The molecule has 3 aromatic rings. The Labute approximate surface area is 173 Å². The molecule has 2 aromatic carbocycles. The zero-order valence-corrected chi connectivity index (χ0v) is 17.4. The number of thiazole rings is 1. The van der Waals surface area contributed by atoms with Crippen molar-refractivity contribution in [1.82, 2.24) is 4.98 Å². The highest BCUT2D eigenvalue weighted by atomic mass is 32.2. The molecule has 29 heavy (non-hydrogen) atoms. The number of hydrogen-bond acceptors (Lipinski definition) is 6. The van der Waals surface area contributed by atoms with E-state index in [9.17, 15) is 13.2 Å². The van der Waals surface area contributed by atoms with Crippen molar-refractivity contribution < 1.29 is 13.2 Å². The van der Waals surface area contributed by atoms with E-state index >= 15 is 0 Å². The van der Waals surface area contributed by atoms with Crippen molar-refractivity contribution in [3.05, 3.63) is 58.4 Å². The van der Waals surface area contributed by atoms with E-state index in [1.807, 2.05) is 29.3 Å². The number of rotatable bonds is 5. The first kappa shape index (κ1) is 19.6. The number of fused-ring (bicyclic) bond motifs is 1. The van der Waals surface area contributed by atoms with Crippen molar-refractivity contribution in [3.63, 3.8) is 0 Å². The van der Waals surface area contributed by atoms with Crippen LogP contribution < -0.4 is 15.4 Å². The van der Waals surface area contributed by atoms with Crippen molar-refractivity contribution in [2.24, 2.45) is 5.14 Å². The molecule has 0 aliphatic carbocycles.